The molecule has 1 unspecified atom stereocenters. The van der Waals surface area contributed by atoms with Crippen molar-refractivity contribution in [2.24, 2.45) is 0 Å². The zero-order valence-electron chi connectivity index (χ0n) is 13.3. The molecular formula is C16H22N4O3. The third kappa shape index (κ3) is 3.38. The van der Waals surface area contributed by atoms with E-state index in [1.165, 1.54) is 0 Å². The number of aromatic nitrogens is 1. The van der Waals surface area contributed by atoms with Crippen LogP contribution in [0.1, 0.15) is 30.1 Å². The van der Waals surface area contributed by atoms with Gasteiger partial charge in [0.15, 0.2) is 0 Å². The first-order chi connectivity index (χ1) is 11.2. The van der Waals surface area contributed by atoms with Crippen molar-refractivity contribution in [3.63, 3.8) is 0 Å². The highest BCUT2D eigenvalue weighted by Crippen LogP contribution is 2.22. The van der Waals surface area contributed by atoms with Crippen molar-refractivity contribution in [2.45, 2.75) is 25.8 Å². The fourth-order valence-electron chi connectivity index (χ4n) is 3.16. The molecule has 0 aliphatic carbocycles. The smallest absolute Gasteiger partial charge is 0.339 e. The summed E-state index contributed by atoms with van der Waals surface area (Å²) in [7, 11) is 0. The molecule has 2 fully saturated rings. The Morgan fingerprint density at radius 1 is 1.43 bits per heavy atom. The van der Waals surface area contributed by atoms with E-state index >= 15 is 0 Å². The molecule has 3 rings (SSSR count). The number of urea groups is 1. The van der Waals surface area contributed by atoms with Gasteiger partial charge >= 0.3 is 12.0 Å². The molecule has 7 nitrogen and oxygen atoms in total. The van der Waals surface area contributed by atoms with Gasteiger partial charge in [0.2, 0.25) is 0 Å². The molecule has 1 atom stereocenters. The standard InChI is InChI=1S/C16H22N4O3/c1-2-23-15(21)12-5-6-14(18-10-12)19-8-3-4-13(11-19)20-9-7-17-16(20)22/h5-6,10,13H,2-4,7-9,11H2,1H3,(H,17,22). The van der Waals surface area contributed by atoms with Gasteiger partial charge in [-0.1, -0.05) is 0 Å². The number of amides is 2. The molecule has 3 heterocycles. The summed E-state index contributed by atoms with van der Waals surface area (Å²) in [5, 5.41) is 2.85. The van der Waals surface area contributed by atoms with Crippen LogP contribution in [-0.4, -0.2) is 60.7 Å². The zero-order chi connectivity index (χ0) is 16.2. The predicted molar refractivity (Wildman–Crippen MR) is 85.5 cm³/mol. The first-order valence-corrected chi connectivity index (χ1v) is 8.11. The van der Waals surface area contributed by atoms with E-state index in [2.05, 4.69) is 15.2 Å². The average molecular weight is 318 g/mol. The molecule has 0 bridgehead atoms. The first-order valence-electron chi connectivity index (χ1n) is 8.11. The van der Waals surface area contributed by atoms with Crippen LogP contribution in [-0.2, 0) is 4.74 Å². The Labute approximate surface area is 135 Å². The first kappa shape index (κ1) is 15.6. The minimum atomic E-state index is -0.350. The molecule has 2 aliphatic rings. The van der Waals surface area contributed by atoms with Crippen LogP contribution in [0.25, 0.3) is 0 Å². The zero-order valence-corrected chi connectivity index (χ0v) is 13.3. The van der Waals surface area contributed by atoms with Gasteiger partial charge in [-0.05, 0) is 31.9 Å². The lowest BCUT2D eigenvalue weighted by atomic mass is 10.0. The number of piperidine rings is 1. The number of hydrogen-bond donors (Lipinski definition) is 1. The number of nitrogens with zero attached hydrogens (tertiary/aromatic N) is 3. The molecule has 1 N–H and O–H groups in total. The van der Waals surface area contributed by atoms with Crippen molar-refractivity contribution >= 4 is 17.8 Å². The fourth-order valence-corrected chi connectivity index (χ4v) is 3.16. The number of carbonyl (C=O) groups excluding carboxylic acids is 2. The number of pyridine rings is 1. The van der Waals surface area contributed by atoms with E-state index < -0.39 is 0 Å². The van der Waals surface area contributed by atoms with Crippen LogP contribution < -0.4 is 10.2 Å². The largest absolute Gasteiger partial charge is 0.462 e. The summed E-state index contributed by atoms with van der Waals surface area (Å²) in [5.41, 5.74) is 0.461. The summed E-state index contributed by atoms with van der Waals surface area (Å²) in [4.78, 5) is 32.0. The van der Waals surface area contributed by atoms with E-state index in [0.717, 1.165) is 44.8 Å². The third-order valence-corrected chi connectivity index (χ3v) is 4.31. The Morgan fingerprint density at radius 3 is 2.96 bits per heavy atom. The number of ether oxygens (including phenoxy) is 1. The van der Waals surface area contributed by atoms with E-state index in [-0.39, 0.29) is 18.0 Å². The molecule has 2 aliphatic heterocycles. The van der Waals surface area contributed by atoms with E-state index in [1.54, 1.807) is 19.2 Å². The van der Waals surface area contributed by atoms with E-state index in [0.29, 0.717) is 12.2 Å². The second-order valence-corrected chi connectivity index (χ2v) is 5.79. The summed E-state index contributed by atoms with van der Waals surface area (Å²) in [6, 6.07) is 3.84. The maximum Gasteiger partial charge on any atom is 0.339 e. The number of esters is 1. The van der Waals surface area contributed by atoms with Gasteiger partial charge in [0, 0.05) is 32.4 Å². The van der Waals surface area contributed by atoms with Gasteiger partial charge in [-0.2, -0.15) is 0 Å². The SMILES string of the molecule is CCOC(=O)c1ccc(N2CCCC(N3CCNC3=O)C2)nc1. The van der Waals surface area contributed by atoms with Crippen LogP contribution in [0.15, 0.2) is 18.3 Å². The summed E-state index contributed by atoms with van der Waals surface area (Å²) in [6.45, 7) is 5.32. The molecule has 0 aromatic carbocycles. The molecule has 23 heavy (non-hydrogen) atoms. The van der Waals surface area contributed by atoms with Gasteiger partial charge in [-0.3, -0.25) is 0 Å². The topological polar surface area (TPSA) is 74.8 Å². The van der Waals surface area contributed by atoms with Crippen LogP contribution in [0.4, 0.5) is 10.6 Å². The van der Waals surface area contributed by atoms with Crippen LogP contribution in [0.2, 0.25) is 0 Å². The van der Waals surface area contributed by atoms with Crippen molar-refractivity contribution in [1.82, 2.24) is 15.2 Å². The lowest BCUT2D eigenvalue weighted by molar-refractivity contribution is 0.0526. The van der Waals surface area contributed by atoms with Crippen LogP contribution in [0, 0.1) is 0 Å². The van der Waals surface area contributed by atoms with E-state index in [9.17, 15) is 9.59 Å². The van der Waals surface area contributed by atoms with Gasteiger partial charge in [-0.15, -0.1) is 0 Å². The number of hydrogen-bond acceptors (Lipinski definition) is 5. The normalized spacial score (nSPS) is 21.3. The summed E-state index contributed by atoms with van der Waals surface area (Å²) in [6.07, 6.45) is 3.60. The molecule has 124 valence electrons. The number of nitrogens with one attached hydrogen (secondary N) is 1. The quantitative estimate of drug-likeness (QED) is 0.846. The van der Waals surface area contributed by atoms with Crippen LogP contribution in [0.3, 0.4) is 0 Å². The Bertz CT molecular complexity index is 575. The highest BCUT2D eigenvalue weighted by atomic mass is 16.5. The summed E-state index contributed by atoms with van der Waals surface area (Å²) < 4.78 is 4.97. The predicted octanol–water partition coefficient (Wildman–Crippen LogP) is 1.25. The minimum Gasteiger partial charge on any atom is -0.462 e. The van der Waals surface area contributed by atoms with Gasteiger partial charge in [0.1, 0.15) is 5.82 Å². The number of rotatable bonds is 4. The van der Waals surface area contributed by atoms with Crippen molar-refractivity contribution in [3.8, 4) is 0 Å². The average Bonchev–Trinajstić information content (AvgIpc) is 3.01. The minimum absolute atomic E-state index is 0.0301. The molecule has 1 aromatic heterocycles. The molecule has 2 saturated heterocycles. The van der Waals surface area contributed by atoms with Crippen molar-refractivity contribution in [1.29, 1.82) is 0 Å². The fraction of sp³-hybridized carbons (Fsp3) is 0.562. The lowest BCUT2D eigenvalue weighted by Crippen LogP contribution is -2.49. The second kappa shape index (κ2) is 6.85. The van der Waals surface area contributed by atoms with Gasteiger partial charge < -0.3 is 19.9 Å². The maximum atomic E-state index is 11.8. The number of carbonyl (C=O) groups is 2. The third-order valence-electron chi connectivity index (χ3n) is 4.31. The Morgan fingerprint density at radius 2 is 2.30 bits per heavy atom. The van der Waals surface area contributed by atoms with Gasteiger partial charge in [0.05, 0.1) is 18.2 Å². The Kier molecular flexibility index (Phi) is 4.64. The second-order valence-electron chi connectivity index (χ2n) is 5.79. The Balaban J connectivity index is 1.66. The molecular weight excluding hydrogens is 296 g/mol. The number of anilines is 1. The highest BCUT2D eigenvalue weighted by molar-refractivity contribution is 5.89. The van der Waals surface area contributed by atoms with Crippen LogP contribution >= 0.6 is 0 Å². The van der Waals surface area contributed by atoms with Crippen LogP contribution in [0.5, 0.6) is 0 Å². The molecule has 7 heteroatoms. The van der Waals surface area contributed by atoms with Gasteiger partial charge in [-0.25, -0.2) is 14.6 Å². The molecule has 0 spiro atoms. The summed E-state index contributed by atoms with van der Waals surface area (Å²) >= 11 is 0. The van der Waals surface area contributed by atoms with Crippen molar-refractivity contribution in [2.75, 3.05) is 37.7 Å². The van der Waals surface area contributed by atoms with E-state index in [4.69, 9.17) is 4.74 Å². The lowest BCUT2D eigenvalue weighted by Gasteiger charge is -2.37. The monoisotopic (exact) mass is 318 g/mol. The molecule has 1 aromatic rings. The highest BCUT2D eigenvalue weighted by Gasteiger charge is 2.31. The molecule has 0 saturated carbocycles. The molecule has 0 radical (unpaired) electrons. The molecule has 2 amide bonds. The van der Waals surface area contributed by atoms with E-state index in [1.807, 2.05) is 11.0 Å². The van der Waals surface area contributed by atoms with Gasteiger partial charge in [0.25, 0.3) is 0 Å². The van der Waals surface area contributed by atoms with Crippen molar-refractivity contribution in [3.05, 3.63) is 23.9 Å². The Hall–Kier alpha value is -2.31. The maximum absolute atomic E-state index is 11.8. The summed E-state index contributed by atoms with van der Waals surface area (Å²) in [5.74, 6) is 0.485. The van der Waals surface area contributed by atoms with Crippen molar-refractivity contribution < 1.29 is 14.3 Å².